The van der Waals surface area contributed by atoms with Crippen LogP contribution in [-0.4, -0.2) is 9.78 Å². The fourth-order valence-corrected chi connectivity index (χ4v) is 1.92. The number of aryl methyl sites for hydroxylation is 2. The fourth-order valence-electron chi connectivity index (χ4n) is 1.63. The number of aromatic nitrogens is 2. The van der Waals surface area contributed by atoms with Gasteiger partial charge in [0.2, 0.25) is 0 Å². The third-order valence-corrected chi connectivity index (χ3v) is 3.12. The van der Waals surface area contributed by atoms with Crippen molar-refractivity contribution in [1.82, 2.24) is 9.78 Å². The Hall–Kier alpha value is -1.29. The SMILES string of the molecule is Nc1c(Br)cnn1CCCc1ccccc1. The van der Waals surface area contributed by atoms with Crippen LogP contribution < -0.4 is 5.73 Å². The van der Waals surface area contributed by atoms with Crippen molar-refractivity contribution in [2.75, 3.05) is 5.73 Å². The predicted octanol–water partition coefficient (Wildman–Crippen LogP) is 2.86. The summed E-state index contributed by atoms with van der Waals surface area (Å²) in [7, 11) is 0. The van der Waals surface area contributed by atoms with Crippen LogP contribution in [0.25, 0.3) is 0 Å². The number of hydrogen-bond donors (Lipinski definition) is 1. The highest BCUT2D eigenvalue weighted by molar-refractivity contribution is 9.10. The van der Waals surface area contributed by atoms with Crippen molar-refractivity contribution in [3.8, 4) is 0 Å². The average Bonchev–Trinajstić information content (AvgIpc) is 2.62. The van der Waals surface area contributed by atoms with Gasteiger partial charge in [-0.25, -0.2) is 4.68 Å². The zero-order valence-electron chi connectivity index (χ0n) is 8.94. The molecule has 1 aromatic heterocycles. The lowest BCUT2D eigenvalue weighted by Gasteiger charge is -2.04. The molecule has 0 aliphatic heterocycles. The zero-order chi connectivity index (χ0) is 11.4. The lowest BCUT2D eigenvalue weighted by atomic mass is 10.1. The molecule has 2 N–H and O–H groups in total. The van der Waals surface area contributed by atoms with Crippen LogP contribution in [0.1, 0.15) is 12.0 Å². The Morgan fingerprint density at radius 1 is 1.25 bits per heavy atom. The molecular formula is C12H14BrN3. The fraction of sp³-hybridized carbons (Fsp3) is 0.250. The highest BCUT2D eigenvalue weighted by Crippen LogP contribution is 2.18. The molecule has 0 saturated heterocycles. The summed E-state index contributed by atoms with van der Waals surface area (Å²) in [6.45, 7) is 0.853. The monoisotopic (exact) mass is 279 g/mol. The molecule has 3 nitrogen and oxygen atoms in total. The third kappa shape index (κ3) is 2.64. The Balaban J connectivity index is 1.87. The van der Waals surface area contributed by atoms with Crippen molar-refractivity contribution in [2.24, 2.45) is 0 Å². The maximum absolute atomic E-state index is 5.84. The maximum Gasteiger partial charge on any atom is 0.136 e. The molecule has 0 atom stereocenters. The first kappa shape index (κ1) is 11.2. The summed E-state index contributed by atoms with van der Waals surface area (Å²) in [6, 6.07) is 10.4. The van der Waals surface area contributed by atoms with Gasteiger partial charge in [-0.05, 0) is 34.3 Å². The van der Waals surface area contributed by atoms with E-state index < -0.39 is 0 Å². The summed E-state index contributed by atoms with van der Waals surface area (Å²) < 4.78 is 2.69. The number of anilines is 1. The van der Waals surface area contributed by atoms with Crippen molar-refractivity contribution in [2.45, 2.75) is 19.4 Å². The summed E-state index contributed by atoms with van der Waals surface area (Å²) in [5.74, 6) is 0.702. The van der Waals surface area contributed by atoms with Gasteiger partial charge in [-0.1, -0.05) is 30.3 Å². The first-order valence-electron chi connectivity index (χ1n) is 5.28. The molecule has 0 unspecified atom stereocenters. The second kappa shape index (κ2) is 5.16. The molecule has 0 amide bonds. The summed E-state index contributed by atoms with van der Waals surface area (Å²) in [5.41, 5.74) is 7.19. The molecule has 0 aliphatic rings. The number of nitrogen functional groups attached to an aromatic ring is 1. The number of nitrogens with two attached hydrogens (primary N) is 1. The molecule has 4 heteroatoms. The Kier molecular flexibility index (Phi) is 3.62. The van der Waals surface area contributed by atoms with E-state index in [2.05, 4.69) is 45.3 Å². The van der Waals surface area contributed by atoms with E-state index in [-0.39, 0.29) is 0 Å². The van der Waals surface area contributed by atoms with Crippen LogP contribution in [0.5, 0.6) is 0 Å². The van der Waals surface area contributed by atoms with E-state index in [9.17, 15) is 0 Å². The summed E-state index contributed by atoms with van der Waals surface area (Å²) >= 11 is 3.34. The molecule has 0 radical (unpaired) electrons. The molecule has 0 saturated carbocycles. The van der Waals surface area contributed by atoms with E-state index in [1.807, 2.05) is 10.7 Å². The van der Waals surface area contributed by atoms with Crippen LogP contribution in [0.3, 0.4) is 0 Å². The minimum absolute atomic E-state index is 0.702. The Bertz CT molecular complexity index is 451. The second-order valence-corrected chi connectivity index (χ2v) is 4.54. The van der Waals surface area contributed by atoms with E-state index in [0.717, 1.165) is 23.9 Å². The summed E-state index contributed by atoms with van der Waals surface area (Å²) in [4.78, 5) is 0. The van der Waals surface area contributed by atoms with Gasteiger partial charge < -0.3 is 5.73 Å². The van der Waals surface area contributed by atoms with E-state index in [0.29, 0.717) is 5.82 Å². The van der Waals surface area contributed by atoms with Gasteiger partial charge in [-0.15, -0.1) is 0 Å². The van der Waals surface area contributed by atoms with Crippen molar-refractivity contribution < 1.29 is 0 Å². The largest absolute Gasteiger partial charge is 0.383 e. The molecule has 0 aliphatic carbocycles. The zero-order valence-corrected chi connectivity index (χ0v) is 10.5. The highest BCUT2D eigenvalue weighted by atomic mass is 79.9. The summed E-state index contributed by atoms with van der Waals surface area (Å²) in [5, 5.41) is 4.19. The lowest BCUT2D eigenvalue weighted by molar-refractivity contribution is 0.586. The van der Waals surface area contributed by atoms with Crippen LogP contribution in [0.4, 0.5) is 5.82 Å². The number of hydrogen-bond acceptors (Lipinski definition) is 2. The third-order valence-electron chi connectivity index (χ3n) is 2.51. The second-order valence-electron chi connectivity index (χ2n) is 3.69. The van der Waals surface area contributed by atoms with Gasteiger partial charge in [0.25, 0.3) is 0 Å². The lowest BCUT2D eigenvalue weighted by Crippen LogP contribution is -2.05. The Morgan fingerprint density at radius 2 is 2.00 bits per heavy atom. The maximum atomic E-state index is 5.84. The Labute approximate surface area is 103 Å². The molecule has 2 aromatic rings. The molecule has 0 spiro atoms. The number of halogens is 1. The van der Waals surface area contributed by atoms with Gasteiger partial charge in [-0.2, -0.15) is 5.10 Å². The van der Waals surface area contributed by atoms with E-state index in [4.69, 9.17) is 5.73 Å². The Morgan fingerprint density at radius 3 is 2.62 bits per heavy atom. The normalized spacial score (nSPS) is 10.6. The smallest absolute Gasteiger partial charge is 0.136 e. The molecule has 0 bridgehead atoms. The van der Waals surface area contributed by atoms with Crippen LogP contribution in [0, 0.1) is 0 Å². The molecule has 84 valence electrons. The number of rotatable bonds is 4. The topological polar surface area (TPSA) is 43.8 Å². The van der Waals surface area contributed by atoms with Gasteiger partial charge in [0, 0.05) is 6.54 Å². The van der Waals surface area contributed by atoms with Crippen molar-refractivity contribution in [3.63, 3.8) is 0 Å². The minimum atomic E-state index is 0.702. The minimum Gasteiger partial charge on any atom is -0.383 e. The van der Waals surface area contributed by atoms with Crippen molar-refractivity contribution in [3.05, 3.63) is 46.6 Å². The van der Waals surface area contributed by atoms with Crippen LogP contribution in [0.15, 0.2) is 41.0 Å². The highest BCUT2D eigenvalue weighted by Gasteiger charge is 2.03. The van der Waals surface area contributed by atoms with Gasteiger partial charge in [0.1, 0.15) is 5.82 Å². The number of nitrogens with zero attached hydrogens (tertiary/aromatic N) is 2. The van der Waals surface area contributed by atoms with E-state index in [1.54, 1.807) is 6.20 Å². The quantitative estimate of drug-likeness (QED) is 0.935. The van der Waals surface area contributed by atoms with Gasteiger partial charge >= 0.3 is 0 Å². The molecule has 1 heterocycles. The van der Waals surface area contributed by atoms with E-state index in [1.165, 1.54) is 5.56 Å². The van der Waals surface area contributed by atoms with Crippen LogP contribution in [-0.2, 0) is 13.0 Å². The molecule has 1 aromatic carbocycles. The molecule has 0 fully saturated rings. The van der Waals surface area contributed by atoms with Gasteiger partial charge in [0.05, 0.1) is 10.7 Å². The average molecular weight is 280 g/mol. The van der Waals surface area contributed by atoms with Gasteiger partial charge in [0.15, 0.2) is 0 Å². The molecule has 16 heavy (non-hydrogen) atoms. The summed E-state index contributed by atoms with van der Waals surface area (Å²) in [6.07, 6.45) is 3.83. The van der Waals surface area contributed by atoms with Crippen molar-refractivity contribution >= 4 is 21.7 Å². The molecule has 2 rings (SSSR count). The van der Waals surface area contributed by atoms with Gasteiger partial charge in [-0.3, -0.25) is 0 Å². The van der Waals surface area contributed by atoms with Crippen molar-refractivity contribution in [1.29, 1.82) is 0 Å². The standard InChI is InChI=1S/C12H14BrN3/c13-11-9-15-16(12(11)14)8-4-7-10-5-2-1-3-6-10/h1-3,5-6,9H,4,7-8,14H2. The first-order chi connectivity index (χ1) is 7.77. The first-order valence-corrected chi connectivity index (χ1v) is 6.07. The number of benzene rings is 1. The van der Waals surface area contributed by atoms with E-state index >= 15 is 0 Å². The van der Waals surface area contributed by atoms with Crippen LogP contribution in [0.2, 0.25) is 0 Å². The predicted molar refractivity (Wildman–Crippen MR) is 69.1 cm³/mol. The van der Waals surface area contributed by atoms with Crippen LogP contribution >= 0.6 is 15.9 Å². The molecular weight excluding hydrogens is 266 g/mol.